The van der Waals surface area contributed by atoms with Gasteiger partial charge in [0, 0.05) is 0 Å². The first-order chi connectivity index (χ1) is 21.1. The molecule has 1 heterocycles. The smallest absolute Gasteiger partial charge is 0.339 e. The van der Waals surface area contributed by atoms with Crippen molar-refractivity contribution in [2.45, 2.75) is 30.7 Å². The molecule has 1 fully saturated rings. The minimum absolute atomic E-state index is 0.462. The van der Waals surface area contributed by atoms with Crippen molar-refractivity contribution in [2.75, 3.05) is 6.61 Å². The maximum atomic E-state index is 12.9. The van der Waals surface area contributed by atoms with Crippen LogP contribution >= 0.6 is 0 Å². The van der Waals surface area contributed by atoms with Crippen LogP contribution in [-0.2, 0) is 18.9 Å². The van der Waals surface area contributed by atoms with E-state index in [4.69, 9.17) is 18.9 Å². The van der Waals surface area contributed by atoms with Crippen molar-refractivity contribution >= 4 is 17.9 Å². The molecule has 0 saturated carbocycles. The van der Waals surface area contributed by atoms with E-state index in [0.29, 0.717) is 24.3 Å². The third-order valence-electron chi connectivity index (χ3n) is 6.42. The normalized spacial score (nSPS) is 21.1. The Morgan fingerprint density at radius 3 is 1.27 bits per heavy atom. The van der Waals surface area contributed by atoms with Crippen LogP contribution in [0.5, 0.6) is 51.7 Å². The van der Waals surface area contributed by atoms with E-state index in [1.807, 2.05) is 0 Å². The number of aliphatic hydroxyl groups is 2. The van der Waals surface area contributed by atoms with Gasteiger partial charge in [0.05, 0.1) is 16.7 Å². The fourth-order valence-electron chi connectivity index (χ4n) is 4.10. The number of hydrogen-bond acceptors (Lipinski definition) is 18. The maximum Gasteiger partial charge on any atom is 0.339 e. The van der Waals surface area contributed by atoms with Gasteiger partial charge >= 0.3 is 17.9 Å². The Labute approximate surface area is 249 Å². The number of hydrogen-bond donors (Lipinski definition) is 11. The zero-order valence-corrected chi connectivity index (χ0v) is 22.3. The van der Waals surface area contributed by atoms with Gasteiger partial charge in [0.1, 0.15) is 18.8 Å². The monoisotopic (exact) mass is 636 g/mol. The fourth-order valence-corrected chi connectivity index (χ4v) is 4.10. The molecule has 4 rings (SSSR count). The highest BCUT2D eigenvalue weighted by Gasteiger charge is 2.50. The van der Waals surface area contributed by atoms with E-state index in [0.717, 1.165) is 12.1 Å². The van der Waals surface area contributed by atoms with Crippen LogP contribution in [0.4, 0.5) is 0 Å². The Hall–Kier alpha value is -5.85. The number of aliphatic hydroxyl groups excluding tert-OH is 2. The number of rotatable bonds is 7. The number of phenols is 9. The topological polar surface area (TPSA) is 311 Å². The van der Waals surface area contributed by atoms with Crippen LogP contribution in [0.25, 0.3) is 0 Å². The lowest BCUT2D eigenvalue weighted by atomic mass is 9.98. The minimum atomic E-state index is -2.23. The Morgan fingerprint density at radius 1 is 0.556 bits per heavy atom. The third-order valence-corrected chi connectivity index (χ3v) is 6.42. The van der Waals surface area contributed by atoms with Gasteiger partial charge in [-0.15, -0.1) is 0 Å². The molecule has 18 heteroatoms. The van der Waals surface area contributed by atoms with Crippen molar-refractivity contribution < 1.29 is 89.5 Å². The Kier molecular flexibility index (Phi) is 8.84. The van der Waals surface area contributed by atoms with Gasteiger partial charge in [-0.25, -0.2) is 14.4 Å². The summed E-state index contributed by atoms with van der Waals surface area (Å²) >= 11 is 0. The predicted molar refractivity (Wildman–Crippen MR) is 140 cm³/mol. The highest BCUT2D eigenvalue weighted by atomic mass is 16.7. The number of aromatic hydroxyl groups is 9. The molecule has 0 bridgehead atoms. The first-order valence-electron chi connectivity index (χ1n) is 12.4. The van der Waals surface area contributed by atoms with Gasteiger partial charge in [-0.2, -0.15) is 0 Å². The molecule has 240 valence electrons. The van der Waals surface area contributed by atoms with E-state index in [1.54, 1.807) is 0 Å². The number of ether oxygens (including phenoxy) is 4. The number of esters is 3. The molecule has 18 nitrogen and oxygen atoms in total. The van der Waals surface area contributed by atoms with Crippen molar-refractivity contribution in [3.05, 3.63) is 53.1 Å². The predicted octanol–water partition coefficient (Wildman–Crippen LogP) is -0.277. The van der Waals surface area contributed by atoms with Crippen molar-refractivity contribution in [3.8, 4) is 51.7 Å². The van der Waals surface area contributed by atoms with Crippen LogP contribution in [0, 0.1) is 0 Å². The summed E-state index contributed by atoms with van der Waals surface area (Å²) in [7, 11) is 0. The Bertz CT molecular complexity index is 1580. The van der Waals surface area contributed by atoms with Crippen LogP contribution < -0.4 is 0 Å². The largest absolute Gasteiger partial charge is 0.504 e. The Balaban J connectivity index is 1.60. The van der Waals surface area contributed by atoms with E-state index < -0.39 is 124 Å². The first-order valence-corrected chi connectivity index (χ1v) is 12.4. The number of benzene rings is 3. The molecular formula is C27H24O18. The number of phenolic OH excluding ortho intramolecular Hbond substituents is 9. The van der Waals surface area contributed by atoms with Crippen LogP contribution in [0.15, 0.2) is 36.4 Å². The fraction of sp³-hybridized carbons (Fsp3) is 0.222. The van der Waals surface area contributed by atoms with Gasteiger partial charge in [-0.1, -0.05) is 0 Å². The summed E-state index contributed by atoms with van der Waals surface area (Å²) in [4.78, 5) is 38.2. The second-order valence-electron chi connectivity index (χ2n) is 9.48. The molecule has 0 amide bonds. The molecule has 1 saturated heterocycles. The zero-order chi connectivity index (χ0) is 33.3. The van der Waals surface area contributed by atoms with Crippen molar-refractivity contribution in [2.24, 2.45) is 0 Å². The summed E-state index contributed by atoms with van der Waals surface area (Å²) in [5.41, 5.74) is -1.64. The highest BCUT2D eigenvalue weighted by Crippen LogP contribution is 2.38. The zero-order valence-electron chi connectivity index (χ0n) is 22.3. The summed E-state index contributed by atoms with van der Waals surface area (Å²) in [6.07, 6.45) is -10.2. The quantitative estimate of drug-likeness (QED) is 0.0902. The summed E-state index contributed by atoms with van der Waals surface area (Å²) < 4.78 is 20.5. The molecule has 1 unspecified atom stereocenters. The molecular weight excluding hydrogens is 612 g/mol. The van der Waals surface area contributed by atoms with Crippen molar-refractivity contribution in [1.82, 2.24) is 0 Å². The average Bonchev–Trinajstić information content (AvgIpc) is 2.98. The first kappa shape index (κ1) is 32.1. The van der Waals surface area contributed by atoms with Crippen LogP contribution in [-0.4, -0.2) is 111 Å². The molecule has 0 aliphatic carbocycles. The molecule has 0 radical (unpaired) electrons. The van der Waals surface area contributed by atoms with Gasteiger partial charge < -0.3 is 75.1 Å². The lowest BCUT2D eigenvalue weighted by Crippen LogP contribution is -2.61. The van der Waals surface area contributed by atoms with Gasteiger partial charge in [-0.05, 0) is 36.4 Å². The Morgan fingerprint density at radius 2 is 0.889 bits per heavy atom. The van der Waals surface area contributed by atoms with Gasteiger partial charge in [-0.3, -0.25) is 0 Å². The molecule has 45 heavy (non-hydrogen) atoms. The molecule has 5 atom stereocenters. The lowest BCUT2D eigenvalue weighted by molar-refractivity contribution is -0.284. The molecule has 1 aliphatic rings. The van der Waals surface area contributed by atoms with E-state index >= 15 is 0 Å². The summed E-state index contributed by atoms with van der Waals surface area (Å²) in [6.45, 7) is -0.894. The van der Waals surface area contributed by atoms with Gasteiger partial charge in [0.25, 0.3) is 0 Å². The van der Waals surface area contributed by atoms with Crippen LogP contribution in [0.1, 0.15) is 31.1 Å². The second-order valence-corrected chi connectivity index (χ2v) is 9.48. The molecule has 0 spiro atoms. The molecule has 11 N–H and O–H groups in total. The standard InChI is InChI=1S/C27H24O18/c28-11-1-8(2-12(29)18(11)34)24(38)42-7-17-21(37)22(44-25(39)9-3-13(30)19(35)14(31)4-9)23(27(41)43-17)45-26(40)10-5-15(32)20(36)16(33)6-10/h1-6,17,21-23,27-37,41H,7H2/t17-,21-,22+,23-,27?/m1/s1. The summed E-state index contributed by atoms with van der Waals surface area (Å²) in [5, 5.41) is 108. The molecule has 3 aromatic carbocycles. The second kappa shape index (κ2) is 12.4. The van der Waals surface area contributed by atoms with E-state index in [9.17, 15) is 70.6 Å². The summed E-state index contributed by atoms with van der Waals surface area (Å²) in [6, 6.07) is 4.18. The average molecular weight is 636 g/mol. The molecule has 0 aromatic heterocycles. The van der Waals surface area contributed by atoms with E-state index in [-0.39, 0.29) is 0 Å². The van der Waals surface area contributed by atoms with Gasteiger partial charge in [0.15, 0.2) is 70.2 Å². The number of carbonyl (C=O) groups excluding carboxylic acids is 3. The SMILES string of the molecule is O=C(OC[C@H]1OC(O)[C@H](OC(=O)c2cc(O)c(O)c(O)c2)[C@@H](OC(=O)c2cc(O)c(O)c(O)c2)[C@@H]1O)c1cc(O)c(O)c(O)c1. The minimum Gasteiger partial charge on any atom is -0.504 e. The highest BCUT2D eigenvalue weighted by molar-refractivity contribution is 5.92. The molecule has 3 aromatic rings. The van der Waals surface area contributed by atoms with Crippen LogP contribution in [0.3, 0.4) is 0 Å². The molecule has 1 aliphatic heterocycles. The van der Waals surface area contributed by atoms with Crippen LogP contribution in [0.2, 0.25) is 0 Å². The van der Waals surface area contributed by atoms with Gasteiger partial charge in [0.2, 0.25) is 0 Å². The van der Waals surface area contributed by atoms with E-state index in [1.165, 1.54) is 0 Å². The maximum absolute atomic E-state index is 12.9. The third kappa shape index (κ3) is 6.56. The number of carbonyl (C=O) groups is 3. The van der Waals surface area contributed by atoms with Crippen molar-refractivity contribution in [3.63, 3.8) is 0 Å². The summed E-state index contributed by atoms with van der Waals surface area (Å²) in [5.74, 6) is -12.4. The van der Waals surface area contributed by atoms with E-state index in [2.05, 4.69) is 0 Å². The van der Waals surface area contributed by atoms with Crippen molar-refractivity contribution in [1.29, 1.82) is 0 Å². The lowest BCUT2D eigenvalue weighted by Gasteiger charge is -2.41.